The summed E-state index contributed by atoms with van der Waals surface area (Å²) >= 11 is 0. The third-order valence-corrected chi connectivity index (χ3v) is 1.45. The Balaban J connectivity index is 3.97. The van der Waals surface area contributed by atoms with Crippen LogP contribution in [0.3, 0.4) is 0 Å². The largest absolute Gasteiger partial charge is 0.469 e. The molecule has 0 amide bonds. The lowest BCUT2D eigenvalue weighted by molar-refractivity contribution is -0.171. The highest BCUT2D eigenvalue weighted by atomic mass is 16.7. The lowest BCUT2D eigenvalue weighted by atomic mass is 10.2. The quantitative estimate of drug-likeness (QED) is 0.443. The molecule has 0 N–H and O–H groups in total. The molecule has 0 radical (unpaired) electrons. The highest BCUT2D eigenvalue weighted by Crippen LogP contribution is 2.08. The van der Waals surface area contributed by atoms with Gasteiger partial charge in [0.25, 0.3) is 0 Å². The Labute approximate surface area is 66.4 Å². The SMILES string of the molecule is COC(=O)C(C)C(OC)OC. The molecule has 0 saturated carbocycles. The van der Waals surface area contributed by atoms with E-state index in [0.29, 0.717) is 0 Å². The molecule has 4 nitrogen and oxygen atoms in total. The zero-order valence-electron chi connectivity index (χ0n) is 7.29. The fraction of sp³-hybridized carbons (Fsp3) is 0.857. The van der Waals surface area contributed by atoms with Crippen molar-refractivity contribution >= 4 is 5.97 Å². The second kappa shape index (κ2) is 5.09. The van der Waals surface area contributed by atoms with Gasteiger partial charge in [-0.3, -0.25) is 4.79 Å². The summed E-state index contributed by atoms with van der Waals surface area (Å²) in [7, 11) is 4.29. The van der Waals surface area contributed by atoms with Gasteiger partial charge in [0.15, 0.2) is 6.29 Å². The second-order valence-electron chi connectivity index (χ2n) is 2.15. The minimum atomic E-state index is -0.526. The summed E-state index contributed by atoms with van der Waals surface area (Å²) in [5.41, 5.74) is 0. The Bertz CT molecular complexity index is 120. The molecular weight excluding hydrogens is 148 g/mol. The van der Waals surface area contributed by atoms with Gasteiger partial charge in [0.2, 0.25) is 0 Å². The molecule has 4 heteroatoms. The minimum Gasteiger partial charge on any atom is -0.469 e. The number of esters is 1. The fourth-order valence-corrected chi connectivity index (χ4v) is 0.801. The van der Waals surface area contributed by atoms with Crippen LogP contribution in [0.5, 0.6) is 0 Å². The van der Waals surface area contributed by atoms with Crippen LogP contribution in [-0.2, 0) is 19.0 Å². The maximum Gasteiger partial charge on any atom is 0.313 e. The summed E-state index contributed by atoms with van der Waals surface area (Å²) in [5, 5.41) is 0. The van der Waals surface area contributed by atoms with Crippen molar-refractivity contribution in [2.24, 2.45) is 5.92 Å². The zero-order valence-corrected chi connectivity index (χ0v) is 7.29. The molecule has 0 fully saturated rings. The van der Waals surface area contributed by atoms with Crippen LogP contribution in [0.1, 0.15) is 6.92 Å². The van der Waals surface area contributed by atoms with Crippen LogP contribution in [0.15, 0.2) is 0 Å². The van der Waals surface area contributed by atoms with E-state index >= 15 is 0 Å². The summed E-state index contributed by atoms with van der Waals surface area (Å²) in [6.45, 7) is 1.68. The van der Waals surface area contributed by atoms with E-state index in [9.17, 15) is 4.79 Å². The van der Waals surface area contributed by atoms with E-state index in [4.69, 9.17) is 9.47 Å². The highest BCUT2D eigenvalue weighted by Gasteiger charge is 2.23. The van der Waals surface area contributed by atoms with Crippen molar-refractivity contribution in [2.75, 3.05) is 21.3 Å². The van der Waals surface area contributed by atoms with Gasteiger partial charge in [-0.05, 0) is 6.92 Å². The average Bonchev–Trinajstić information content (AvgIpc) is 2.05. The molecule has 1 atom stereocenters. The molecule has 0 rings (SSSR count). The molecule has 0 aromatic heterocycles. The van der Waals surface area contributed by atoms with E-state index in [0.717, 1.165) is 0 Å². The van der Waals surface area contributed by atoms with E-state index in [2.05, 4.69) is 4.74 Å². The van der Waals surface area contributed by atoms with Crippen molar-refractivity contribution < 1.29 is 19.0 Å². The summed E-state index contributed by atoms with van der Waals surface area (Å²) in [6, 6.07) is 0. The van der Waals surface area contributed by atoms with Gasteiger partial charge in [-0.15, -0.1) is 0 Å². The summed E-state index contributed by atoms with van der Waals surface area (Å²) in [4.78, 5) is 10.9. The number of ether oxygens (including phenoxy) is 3. The van der Waals surface area contributed by atoms with E-state index in [1.807, 2.05) is 0 Å². The molecule has 11 heavy (non-hydrogen) atoms. The standard InChI is InChI=1S/C7H14O4/c1-5(6(8)9-2)7(10-3)11-4/h5,7H,1-4H3. The van der Waals surface area contributed by atoms with Crippen molar-refractivity contribution in [2.45, 2.75) is 13.2 Å². The van der Waals surface area contributed by atoms with Crippen LogP contribution in [-0.4, -0.2) is 33.6 Å². The Kier molecular flexibility index (Phi) is 4.81. The average molecular weight is 162 g/mol. The lowest BCUT2D eigenvalue weighted by Crippen LogP contribution is -2.29. The first kappa shape index (κ1) is 10.4. The van der Waals surface area contributed by atoms with Crippen LogP contribution < -0.4 is 0 Å². The summed E-state index contributed by atoms with van der Waals surface area (Å²) in [6.07, 6.45) is -0.526. The lowest BCUT2D eigenvalue weighted by Gasteiger charge is -2.18. The molecule has 0 aromatic carbocycles. The van der Waals surface area contributed by atoms with Crippen molar-refractivity contribution in [1.82, 2.24) is 0 Å². The van der Waals surface area contributed by atoms with Crippen LogP contribution >= 0.6 is 0 Å². The Hall–Kier alpha value is -0.610. The Morgan fingerprint density at radius 2 is 1.64 bits per heavy atom. The van der Waals surface area contributed by atoms with Crippen molar-refractivity contribution in [3.8, 4) is 0 Å². The predicted octanol–water partition coefficient (Wildman–Crippen LogP) is 0.414. The van der Waals surface area contributed by atoms with Gasteiger partial charge in [0, 0.05) is 14.2 Å². The van der Waals surface area contributed by atoms with Gasteiger partial charge in [0.05, 0.1) is 7.11 Å². The van der Waals surface area contributed by atoms with Gasteiger partial charge in [-0.1, -0.05) is 0 Å². The topological polar surface area (TPSA) is 44.8 Å². The normalized spacial score (nSPS) is 13.2. The van der Waals surface area contributed by atoms with Gasteiger partial charge in [-0.2, -0.15) is 0 Å². The fourth-order valence-electron chi connectivity index (χ4n) is 0.801. The molecule has 0 aromatic rings. The molecule has 0 aliphatic heterocycles. The number of rotatable bonds is 4. The first-order valence-corrected chi connectivity index (χ1v) is 3.30. The van der Waals surface area contributed by atoms with E-state index < -0.39 is 12.2 Å². The molecular formula is C7H14O4. The number of methoxy groups -OCH3 is 3. The van der Waals surface area contributed by atoms with Gasteiger partial charge in [0.1, 0.15) is 5.92 Å². The molecule has 0 saturated heterocycles. The summed E-state index contributed by atoms with van der Waals surface area (Å²) < 4.78 is 14.2. The maximum atomic E-state index is 10.9. The van der Waals surface area contributed by atoms with Crippen LogP contribution in [0.2, 0.25) is 0 Å². The van der Waals surface area contributed by atoms with Gasteiger partial charge in [-0.25, -0.2) is 0 Å². The molecule has 0 aliphatic carbocycles. The number of hydrogen-bond donors (Lipinski definition) is 0. The molecule has 66 valence electrons. The predicted molar refractivity (Wildman–Crippen MR) is 39.0 cm³/mol. The third kappa shape index (κ3) is 2.86. The highest BCUT2D eigenvalue weighted by molar-refractivity contribution is 5.72. The Morgan fingerprint density at radius 3 is 1.91 bits per heavy atom. The third-order valence-electron chi connectivity index (χ3n) is 1.45. The smallest absolute Gasteiger partial charge is 0.313 e. The first-order valence-electron chi connectivity index (χ1n) is 3.30. The Morgan fingerprint density at radius 1 is 1.18 bits per heavy atom. The van der Waals surface area contributed by atoms with E-state index in [1.165, 1.54) is 21.3 Å². The van der Waals surface area contributed by atoms with Gasteiger partial charge >= 0.3 is 5.97 Å². The minimum absolute atomic E-state index is 0.335. The summed E-state index contributed by atoms with van der Waals surface area (Å²) in [5.74, 6) is -0.728. The number of carbonyl (C=O) groups is 1. The van der Waals surface area contributed by atoms with Crippen LogP contribution in [0.4, 0.5) is 0 Å². The van der Waals surface area contributed by atoms with Gasteiger partial charge < -0.3 is 14.2 Å². The molecule has 0 bridgehead atoms. The van der Waals surface area contributed by atoms with Crippen molar-refractivity contribution in [3.63, 3.8) is 0 Å². The van der Waals surface area contributed by atoms with Crippen molar-refractivity contribution in [3.05, 3.63) is 0 Å². The molecule has 0 aliphatic rings. The van der Waals surface area contributed by atoms with Crippen LogP contribution in [0, 0.1) is 5.92 Å². The van der Waals surface area contributed by atoms with Crippen LogP contribution in [0.25, 0.3) is 0 Å². The monoisotopic (exact) mass is 162 g/mol. The zero-order chi connectivity index (χ0) is 8.85. The van der Waals surface area contributed by atoms with Crippen molar-refractivity contribution in [1.29, 1.82) is 0 Å². The molecule has 0 heterocycles. The second-order valence-corrected chi connectivity index (χ2v) is 2.15. The number of hydrogen-bond acceptors (Lipinski definition) is 4. The first-order chi connectivity index (χ1) is 5.17. The van der Waals surface area contributed by atoms with E-state index in [1.54, 1.807) is 6.92 Å². The van der Waals surface area contributed by atoms with E-state index in [-0.39, 0.29) is 5.97 Å². The number of carbonyl (C=O) groups excluding carboxylic acids is 1. The maximum absolute atomic E-state index is 10.9. The molecule has 1 unspecified atom stereocenters. The molecule has 0 spiro atoms.